The number of thiocarbonyl (C=S) groups is 1. The Kier molecular flexibility index (Phi) is 7.07. The van der Waals surface area contributed by atoms with E-state index in [1.54, 1.807) is 50.1 Å². The molecular weight excluding hydrogens is 444 g/mol. The first-order chi connectivity index (χ1) is 15.6. The van der Waals surface area contributed by atoms with E-state index >= 15 is 0 Å². The summed E-state index contributed by atoms with van der Waals surface area (Å²) in [5.74, 6) is -0.896. The van der Waals surface area contributed by atoms with Gasteiger partial charge in [-0.1, -0.05) is 18.2 Å². The highest BCUT2D eigenvalue weighted by molar-refractivity contribution is 7.80. The summed E-state index contributed by atoms with van der Waals surface area (Å²) < 4.78 is 5.24. The molecule has 33 heavy (non-hydrogen) atoms. The van der Waals surface area contributed by atoms with Gasteiger partial charge in [-0.2, -0.15) is 0 Å². The number of nitrogens with zero attached hydrogens (tertiary/aromatic N) is 2. The molecule has 1 amide bonds. The number of amides is 1. The number of anilines is 1. The highest BCUT2D eigenvalue weighted by Crippen LogP contribution is 2.31. The molecule has 2 aromatic carbocycles. The minimum Gasteiger partial charge on any atom is -0.463 e. The fourth-order valence-corrected chi connectivity index (χ4v) is 3.72. The van der Waals surface area contributed by atoms with Gasteiger partial charge in [0.1, 0.15) is 0 Å². The number of hydrogen-bond donors (Lipinski definition) is 2. The first-order valence-corrected chi connectivity index (χ1v) is 10.6. The smallest absolute Gasteiger partial charge is 0.338 e. The highest BCUT2D eigenvalue weighted by Gasteiger charge is 2.33. The summed E-state index contributed by atoms with van der Waals surface area (Å²) in [5.41, 5.74) is 2.96. The number of rotatable bonds is 6. The molecule has 172 valence electrons. The molecule has 0 aliphatic carbocycles. The lowest BCUT2D eigenvalue weighted by Gasteiger charge is -2.35. The summed E-state index contributed by atoms with van der Waals surface area (Å²) in [6, 6.07) is 10.7. The molecule has 1 aliphatic heterocycles. The van der Waals surface area contributed by atoms with E-state index in [1.165, 1.54) is 18.2 Å². The average Bonchev–Trinajstić information content (AvgIpc) is 2.78. The lowest BCUT2D eigenvalue weighted by atomic mass is 9.95. The number of nitro benzene ring substituents is 1. The number of esters is 1. The lowest BCUT2D eigenvalue weighted by Crippen LogP contribution is -2.46. The second kappa shape index (κ2) is 9.78. The number of aryl methyl sites for hydroxylation is 1. The van der Waals surface area contributed by atoms with Gasteiger partial charge in [-0.05, 0) is 56.8 Å². The Hall–Kier alpha value is -3.79. The normalized spacial score (nSPS) is 15.7. The van der Waals surface area contributed by atoms with Crippen molar-refractivity contribution in [2.24, 2.45) is 0 Å². The molecule has 9 nitrogen and oxygen atoms in total. The molecule has 1 unspecified atom stereocenters. The van der Waals surface area contributed by atoms with Crippen molar-refractivity contribution in [3.8, 4) is 0 Å². The van der Waals surface area contributed by atoms with Gasteiger partial charge in [-0.25, -0.2) is 4.79 Å². The van der Waals surface area contributed by atoms with E-state index in [0.29, 0.717) is 27.6 Å². The number of nitrogens with one attached hydrogen (secondary N) is 2. The van der Waals surface area contributed by atoms with Crippen molar-refractivity contribution in [1.82, 2.24) is 10.2 Å². The molecule has 0 radical (unpaired) electrons. The van der Waals surface area contributed by atoms with Crippen LogP contribution in [0.1, 0.15) is 41.4 Å². The Bertz CT molecular complexity index is 1160. The van der Waals surface area contributed by atoms with E-state index in [0.717, 1.165) is 5.56 Å². The first-order valence-electron chi connectivity index (χ1n) is 10.2. The van der Waals surface area contributed by atoms with Crippen molar-refractivity contribution >= 4 is 40.6 Å². The maximum absolute atomic E-state index is 12.6. The quantitative estimate of drug-likeness (QED) is 0.284. The molecule has 2 N–H and O–H groups in total. The van der Waals surface area contributed by atoms with Gasteiger partial charge in [0.05, 0.1) is 23.1 Å². The maximum Gasteiger partial charge on any atom is 0.338 e. The number of nitro groups is 1. The number of hydrogen-bond acceptors (Lipinski definition) is 6. The molecule has 10 heteroatoms. The summed E-state index contributed by atoms with van der Waals surface area (Å²) in [6.45, 7) is 5.41. The standard InChI is InChI=1S/C23H24N4O5S/c1-5-32-22(29)19-14(3)26(4)23(33)25-20(19)15-8-10-17(11-9-15)24-21(28)16-7-6-13(2)18(12-16)27(30)31/h6-12,20H,5H2,1-4H3,(H,24,28)(H,25,33). The zero-order valence-corrected chi connectivity index (χ0v) is 19.5. The van der Waals surface area contributed by atoms with Gasteiger partial charge < -0.3 is 20.3 Å². The molecule has 3 rings (SSSR count). The number of ether oxygens (including phenoxy) is 1. The van der Waals surface area contributed by atoms with Crippen LogP contribution in [0, 0.1) is 17.0 Å². The van der Waals surface area contributed by atoms with Gasteiger partial charge in [-0.3, -0.25) is 14.9 Å². The molecule has 0 spiro atoms. The molecule has 0 aromatic heterocycles. The van der Waals surface area contributed by atoms with Crippen LogP contribution in [0.3, 0.4) is 0 Å². The lowest BCUT2D eigenvalue weighted by molar-refractivity contribution is -0.385. The fraction of sp³-hybridized carbons (Fsp3) is 0.261. The second-order valence-electron chi connectivity index (χ2n) is 7.50. The van der Waals surface area contributed by atoms with Crippen LogP contribution >= 0.6 is 12.2 Å². The van der Waals surface area contributed by atoms with Crippen molar-refractivity contribution < 1.29 is 19.2 Å². The van der Waals surface area contributed by atoms with Crippen LogP contribution in [-0.2, 0) is 9.53 Å². The van der Waals surface area contributed by atoms with E-state index < -0.39 is 22.8 Å². The third kappa shape index (κ3) is 5.01. The Balaban J connectivity index is 1.84. The van der Waals surface area contributed by atoms with Crippen LogP contribution < -0.4 is 10.6 Å². The minimum atomic E-state index is -0.517. The van der Waals surface area contributed by atoms with Crippen LogP contribution in [0.25, 0.3) is 0 Å². The van der Waals surface area contributed by atoms with E-state index in [2.05, 4.69) is 10.6 Å². The summed E-state index contributed by atoms with van der Waals surface area (Å²) in [5, 5.41) is 17.5. The average molecular weight is 469 g/mol. The van der Waals surface area contributed by atoms with Crippen molar-refractivity contribution in [3.63, 3.8) is 0 Å². The number of carbonyl (C=O) groups is 2. The van der Waals surface area contributed by atoms with Gasteiger partial charge in [-0.15, -0.1) is 0 Å². The number of carbonyl (C=O) groups excluding carboxylic acids is 2. The Labute approximate surface area is 196 Å². The van der Waals surface area contributed by atoms with Gasteiger partial charge >= 0.3 is 5.97 Å². The maximum atomic E-state index is 12.6. The third-order valence-corrected chi connectivity index (χ3v) is 5.81. The molecule has 1 atom stereocenters. The van der Waals surface area contributed by atoms with E-state index in [-0.39, 0.29) is 17.9 Å². The first kappa shape index (κ1) is 23.9. The van der Waals surface area contributed by atoms with E-state index in [9.17, 15) is 19.7 Å². The van der Waals surface area contributed by atoms with Crippen molar-refractivity contribution in [1.29, 1.82) is 0 Å². The molecule has 2 aromatic rings. The van der Waals surface area contributed by atoms with Crippen LogP contribution in [-0.4, -0.2) is 40.5 Å². The van der Waals surface area contributed by atoms with Crippen molar-refractivity contribution in [2.75, 3.05) is 19.0 Å². The molecule has 0 saturated carbocycles. The van der Waals surface area contributed by atoms with Gasteiger partial charge in [0.25, 0.3) is 11.6 Å². The second-order valence-corrected chi connectivity index (χ2v) is 7.88. The minimum absolute atomic E-state index is 0.115. The monoisotopic (exact) mass is 468 g/mol. The molecule has 0 saturated heterocycles. The molecule has 0 fully saturated rings. The van der Waals surface area contributed by atoms with Crippen molar-refractivity contribution in [2.45, 2.75) is 26.8 Å². The highest BCUT2D eigenvalue weighted by atomic mass is 32.1. The van der Waals surface area contributed by atoms with Gasteiger partial charge in [0.2, 0.25) is 0 Å². The zero-order chi connectivity index (χ0) is 24.3. The predicted molar refractivity (Wildman–Crippen MR) is 128 cm³/mol. The molecule has 0 bridgehead atoms. The van der Waals surface area contributed by atoms with E-state index in [4.69, 9.17) is 17.0 Å². The van der Waals surface area contributed by atoms with Crippen LogP contribution in [0.5, 0.6) is 0 Å². The van der Waals surface area contributed by atoms with E-state index in [1.807, 2.05) is 6.92 Å². The largest absolute Gasteiger partial charge is 0.463 e. The fourth-order valence-electron chi connectivity index (χ4n) is 3.47. The third-order valence-electron chi connectivity index (χ3n) is 5.42. The molecule has 1 aliphatic rings. The van der Waals surface area contributed by atoms with Crippen LogP contribution in [0.4, 0.5) is 11.4 Å². The zero-order valence-electron chi connectivity index (χ0n) is 18.7. The summed E-state index contributed by atoms with van der Waals surface area (Å²) in [4.78, 5) is 37.5. The predicted octanol–water partition coefficient (Wildman–Crippen LogP) is 3.85. The Morgan fingerprint density at radius 3 is 2.48 bits per heavy atom. The summed E-state index contributed by atoms with van der Waals surface area (Å²) >= 11 is 5.39. The summed E-state index contributed by atoms with van der Waals surface area (Å²) in [6.07, 6.45) is 0. The number of allylic oxidation sites excluding steroid dienone is 1. The topological polar surface area (TPSA) is 114 Å². The van der Waals surface area contributed by atoms with Crippen LogP contribution in [0.2, 0.25) is 0 Å². The van der Waals surface area contributed by atoms with Crippen molar-refractivity contribution in [3.05, 3.63) is 80.5 Å². The SMILES string of the molecule is CCOC(=O)C1=C(C)N(C)C(=S)NC1c1ccc(NC(=O)c2ccc(C)c([N+](=O)[O-])c2)cc1. The Morgan fingerprint density at radius 1 is 1.21 bits per heavy atom. The molecule has 1 heterocycles. The van der Waals surface area contributed by atoms with Gasteiger partial charge in [0, 0.05) is 35.6 Å². The number of benzene rings is 2. The van der Waals surface area contributed by atoms with Crippen LogP contribution in [0.15, 0.2) is 53.7 Å². The Morgan fingerprint density at radius 2 is 1.88 bits per heavy atom. The van der Waals surface area contributed by atoms with Gasteiger partial charge in [0.15, 0.2) is 5.11 Å². The molecular formula is C23H24N4O5S. The summed E-state index contributed by atoms with van der Waals surface area (Å²) in [7, 11) is 1.77.